The summed E-state index contributed by atoms with van der Waals surface area (Å²) in [5, 5.41) is 9.61. The van der Waals surface area contributed by atoms with E-state index in [9.17, 15) is 13.9 Å². The van der Waals surface area contributed by atoms with Crippen molar-refractivity contribution < 1.29 is 27.8 Å². The van der Waals surface area contributed by atoms with Gasteiger partial charge in [0, 0.05) is 6.07 Å². The van der Waals surface area contributed by atoms with Crippen LogP contribution in [0.25, 0.3) is 0 Å². The Hall–Kier alpha value is -1.92. The van der Waals surface area contributed by atoms with Crippen LogP contribution in [-0.4, -0.2) is 24.4 Å². The molecule has 0 amide bonds. The molecule has 108 valence electrons. The Bertz CT molecular complexity index is 528. The molecule has 1 N–H and O–H groups in total. The maximum Gasteiger partial charge on any atom is 0.167 e. The first-order valence-electron chi connectivity index (χ1n) is 6.01. The van der Waals surface area contributed by atoms with E-state index in [0.717, 1.165) is 12.1 Å². The molecule has 0 aliphatic carbocycles. The van der Waals surface area contributed by atoms with Gasteiger partial charge in [0.2, 0.25) is 0 Å². The highest BCUT2D eigenvalue weighted by Gasteiger charge is 2.09. The zero-order valence-electron chi connectivity index (χ0n) is 10.6. The van der Waals surface area contributed by atoms with Crippen LogP contribution >= 0.6 is 0 Å². The highest BCUT2D eigenvalue weighted by atomic mass is 19.1. The van der Waals surface area contributed by atoms with Crippen molar-refractivity contribution >= 4 is 0 Å². The van der Waals surface area contributed by atoms with Crippen molar-refractivity contribution in [3.63, 3.8) is 0 Å². The first-order chi connectivity index (χ1) is 9.65. The molecule has 0 unspecified atom stereocenters. The number of furan rings is 1. The minimum Gasteiger partial charge on any atom is -0.488 e. The normalized spacial score (nSPS) is 12.3. The Balaban J connectivity index is 1.70. The lowest BCUT2D eigenvalue weighted by Gasteiger charge is -2.12. The van der Waals surface area contributed by atoms with Crippen LogP contribution in [0.5, 0.6) is 5.75 Å². The topological polar surface area (TPSA) is 51.8 Å². The smallest absolute Gasteiger partial charge is 0.167 e. The second kappa shape index (κ2) is 7.02. The highest BCUT2D eigenvalue weighted by molar-refractivity contribution is 5.24. The number of aliphatic hydroxyl groups is 1. The number of aliphatic hydroxyl groups excluding tert-OH is 1. The summed E-state index contributed by atoms with van der Waals surface area (Å²) >= 11 is 0. The van der Waals surface area contributed by atoms with Gasteiger partial charge in [-0.05, 0) is 24.3 Å². The Morgan fingerprint density at radius 2 is 2.05 bits per heavy atom. The van der Waals surface area contributed by atoms with E-state index in [4.69, 9.17) is 13.9 Å². The van der Waals surface area contributed by atoms with Crippen LogP contribution in [-0.2, 0) is 11.3 Å². The maximum absolute atomic E-state index is 13.2. The monoisotopic (exact) mass is 284 g/mol. The molecule has 0 aliphatic rings. The molecule has 2 aromatic rings. The van der Waals surface area contributed by atoms with Crippen molar-refractivity contribution in [2.75, 3.05) is 13.2 Å². The van der Waals surface area contributed by atoms with E-state index in [0.29, 0.717) is 5.76 Å². The molecule has 0 bridgehead atoms. The molecule has 0 saturated heterocycles. The molecule has 1 atom stereocenters. The molecule has 20 heavy (non-hydrogen) atoms. The third kappa shape index (κ3) is 4.32. The van der Waals surface area contributed by atoms with Gasteiger partial charge < -0.3 is 19.0 Å². The average molecular weight is 284 g/mol. The lowest BCUT2D eigenvalue weighted by Crippen LogP contribution is -2.23. The molecule has 0 saturated carbocycles. The van der Waals surface area contributed by atoms with Gasteiger partial charge in [0.25, 0.3) is 0 Å². The predicted molar refractivity (Wildman–Crippen MR) is 66.2 cm³/mol. The van der Waals surface area contributed by atoms with Crippen LogP contribution in [0, 0.1) is 11.6 Å². The predicted octanol–water partition coefficient (Wildman–Crippen LogP) is 2.51. The molecule has 2 rings (SSSR count). The quantitative estimate of drug-likeness (QED) is 0.848. The molecular weight excluding hydrogens is 270 g/mol. The Kier molecular flexibility index (Phi) is 5.09. The Morgan fingerprint density at radius 1 is 1.20 bits per heavy atom. The van der Waals surface area contributed by atoms with E-state index in [1.54, 1.807) is 12.1 Å². The number of ether oxygens (including phenoxy) is 2. The summed E-state index contributed by atoms with van der Waals surface area (Å²) in [5.41, 5.74) is 0. The summed E-state index contributed by atoms with van der Waals surface area (Å²) in [6.07, 6.45) is 0.602. The van der Waals surface area contributed by atoms with Gasteiger partial charge in [-0.25, -0.2) is 8.78 Å². The molecule has 0 aliphatic heterocycles. The van der Waals surface area contributed by atoms with E-state index < -0.39 is 17.7 Å². The third-order valence-corrected chi connectivity index (χ3v) is 2.46. The second-order valence-corrected chi connectivity index (χ2v) is 4.13. The molecule has 6 heteroatoms. The molecule has 1 heterocycles. The molecule has 0 radical (unpaired) electrons. The maximum atomic E-state index is 13.2. The van der Waals surface area contributed by atoms with E-state index in [1.165, 1.54) is 12.3 Å². The third-order valence-electron chi connectivity index (χ3n) is 2.46. The summed E-state index contributed by atoms with van der Waals surface area (Å²) < 4.78 is 41.2. The van der Waals surface area contributed by atoms with Crippen LogP contribution in [0.4, 0.5) is 8.78 Å². The number of halogens is 2. The van der Waals surface area contributed by atoms with Crippen LogP contribution in [0.15, 0.2) is 41.0 Å². The first kappa shape index (κ1) is 14.5. The van der Waals surface area contributed by atoms with Gasteiger partial charge in [0.15, 0.2) is 11.6 Å². The molecule has 4 nitrogen and oxygen atoms in total. The Labute approximate surface area is 114 Å². The summed E-state index contributed by atoms with van der Waals surface area (Å²) in [6.45, 7) is 0.0964. The zero-order valence-corrected chi connectivity index (χ0v) is 10.6. The number of hydrogen-bond donors (Lipinski definition) is 1. The second-order valence-electron chi connectivity index (χ2n) is 4.13. The van der Waals surface area contributed by atoms with Crippen LogP contribution in [0.2, 0.25) is 0 Å². The molecule has 0 spiro atoms. The molecule has 1 aromatic heterocycles. The fourth-order valence-corrected chi connectivity index (χ4v) is 1.52. The summed E-state index contributed by atoms with van der Waals surface area (Å²) in [7, 11) is 0. The fourth-order valence-electron chi connectivity index (χ4n) is 1.52. The van der Waals surface area contributed by atoms with Gasteiger partial charge in [-0.15, -0.1) is 0 Å². The molecular formula is C14H14F2O4. The largest absolute Gasteiger partial charge is 0.488 e. The van der Waals surface area contributed by atoms with E-state index in [2.05, 4.69) is 0 Å². The van der Waals surface area contributed by atoms with E-state index >= 15 is 0 Å². The van der Waals surface area contributed by atoms with Crippen molar-refractivity contribution in [2.24, 2.45) is 0 Å². The van der Waals surface area contributed by atoms with Crippen molar-refractivity contribution in [1.82, 2.24) is 0 Å². The fraction of sp³-hybridized carbons (Fsp3) is 0.286. The molecule has 0 fully saturated rings. The van der Waals surface area contributed by atoms with E-state index in [1.807, 2.05) is 0 Å². The van der Waals surface area contributed by atoms with E-state index in [-0.39, 0.29) is 25.6 Å². The highest BCUT2D eigenvalue weighted by Crippen LogP contribution is 2.17. The lowest BCUT2D eigenvalue weighted by atomic mass is 10.3. The van der Waals surface area contributed by atoms with Crippen molar-refractivity contribution in [1.29, 1.82) is 0 Å². The van der Waals surface area contributed by atoms with Crippen molar-refractivity contribution in [3.8, 4) is 5.75 Å². The van der Waals surface area contributed by atoms with Crippen LogP contribution < -0.4 is 4.74 Å². The summed E-state index contributed by atoms with van der Waals surface area (Å²) in [5.74, 6) is -0.968. The van der Waals surface area contributed by atoms with Crippen LogP contribution in [0.1, 0.15) is 5.76 Å². The van der Waals surface area contributed by atoms with Crippen LogP contribution in [0.3, 0.4) is 0 Å². The van der Waals surface area contributed by atoms with Gasteiger partial charge >= 0.3 is 0 Å². The summed E-state index contributed by atoms with van der Waals surface area (Å²) in [4.78, 5) is 0. The van der Waals surface area contributed by atoms with Gasteiger partial charge in [0.05, 0.1) is 12.9 Å². The van der Waals surface area contributed by atoms with Gasteiger partial charge in [-0.3, -0.25) is 0 Å². The minimum atomic E-state index is -0.922. The SMILES string of the molecule is O[C@H](COCc1ccco1)COc1ccc(F)cc1F. The number of hydrogen-bond acceptors (Lipinski definition) is 4. The first-order valence-corrected chi connectivity index (χ1v) is 6.01. The average Bonchev–Trinajstić information content (AvgIpc) is 2.91. The van der Waals surface area contributed by atoms with Gasteiger partial charge in [-0.1, -0.05) is 0 Å². The molecule has 1 aromatic carbocycles. The summed E-state index contributed by atoms with van der Waals surface area (Å²) in [6, 6.07) is 6.45. The zero-order chi connectivity index (χ0) is 14.4. The van der Waals surface area contributed by atoms with Crippen molar-refractivity contribution in [2.45, 2.75) is 12.7 Å². The number of rotatable bonds is 7. The standard InChI is InChI=1S/C14H14F2O4/c15-10-3-4-14(13(16)6-10)20-8-11(17)7-18-9-12-2-1-5-19-12/h1-6,11,17H,7-9H2/t11-/m1/s1. The van der Waals surface area contributed by atoms with Gasteiger partial charge in [-0.2, -0.15) is 0 Å². The van der Waals surface area contributed by atoms with Crippen molar-refractivity contribution in [3.05, 3.63) is 54.0 Å². The van der Waals surface area contributed by atoms with Gasteiger partial charge in [0.1, 0.15) is 30.9 Å². The minimum absolute atomic E-state index is 0.0174. The Morgan fingerprint density at radius 3 is 2.75 bits per heavy atom. The lowest BCUT2D eigenvalue weighted by molar-refractivity contribution is 0.000273. The number of benzene rings is 1.